The zero-order valence-corrected chi connectivity index (χ0v) is 17.1. The summed E-state index contributed by atoms with van der Waals surface area (Å²) < 4.78 is 5.59. The highest BCUT2D eigenvalue weighted by Crippen LogP contribution is 2.38. The van der Waals surface area contributed by atoms with Gasteiger partial charge in [0.1, 0.15) is 5.69 Å². The average Bonchev–Trinajstić information content (AvgIpc) is 3.42. The molecule has 0 saturated heterocycles. The molecule has 0 bridgehead atoms. The number of nitrogens with zero attached hydrogens (tertiary/aromatic N) is 9. The molecule has 5 rings (SSSR count). The zero-order chi connectivity index (χ0) is 21.3. The molecule has 1 aliphatic rings. The van der Waals surface area contributed by atoms with Gasteiger partial charge in [0.25, 0.3) is 0 Å². The number of nitriles is 2. The largest absolute Gasteiger partial charge is 0.275 e. The lowest BCUT2D eigenvalue weighted by atomic mass is 9.81. The van der Waals surface area contributed by atoms with E-state index in [-0.39, 0.29) is 5.92 Å². The number of rotatable bonds is 3. The predicted molar refractivity (Wildman–Crippen MR) is 110 cm³/mol. The molecule has 0 radical (unpaired) electrons. The number of hydrogen-bond donors (Lipinski definition) is 0. The molecule has 4 heterocycles. The van der Waals surface area contributed by atoms with Crippen molar-refractivity contribution in [2.75, 3.05) is 0 Å². The van der Waals surface area contributed by atoms with E-state index >= 15 is 0 Å². The van der Waals surface area contributed by atoms with Crippen LogP contribution in [0.4, 0.5) is 0 Å². The molecule has 0 aromatic carbocycles. The van der Waals surface area contributed by atoms with Gasteiger partial charge in [0.2, 0.25) is 0 Å². The SMILES string of the molecule is CC#N.Cc1cnn2cc(-c3cnn(C)c3)nc(-c3cnn(C4CC(C#N)C4)c3)c12. The summed E-state index contributed by atoms with van der Waals surface area (Å²) in [4.78, 5) is 4.92. The van der Waals surface area contributed by atoms with Crippen LogP contribution in [0.5, 0.6) is 0 Å². The van der Waals surface area contributed by atoms with E-state index in [9.17, 15) is 0 Å². The Morgan fingerprint density at radius 1 is 1.00 bits per heavy atom. The smallest absolute Gasteiger partial charge is 0.100 e. The molecule has 30 heavy (non-hydrogen) atoms. The first kappa shape index (κ1) is 19.3. The first-order valence-corrected chi connectivity index (χ1v) is 9.63. The summed E-state index contributed by atoms with van der Waals surface area (Å²) >= 11 is 0. The third kappa shape index (κ3) is 3.42. The predicted octanol–water partition coefficient (Wildman–Crippen LogP) is 3.31. The first-order valence-electron chi connectivity index (χ1n) is 9.63. The maximum Gasteiger partial charge on any atom is 0.100 e. The Bertz CT molecular complexity index is 1270. The Labute approximate surface area is 173 Å². The summed E-state index contributed by atoms with van der Waals surface area (Å²) in [5, 5.41) is 29.6. The summed E-state index contributed by atoms with van der Waals surface area (Å²) in [5.74, 6) is 0.151. The molecule has 4 aromatic rings. The lowest BCUT2D eigenvalue weighted by Gasteiger charge is -2.30. The van der Waals surface area contributed by atoms with E-state index in [0.717, 1.165) is 46.4 Å². The topological polar surface area (TPSA) is 113 Å². The van der Waals surface area contributed by atoms with E-state index in [2.05, 4.69) is 21.4 Å². The Balaban J connectivity index is 0.000000687. The Hall–Kier alpha value is -3.98. The molecule has 9 nitrogen and oxygen atoms in total. The van der Waals surface area contributed by atoms with Crippen LogP contribution >= 0.6 is 0 Å². The maximum absolute atomic E-state index is 8.99. The van der Waals surface area contributed by atoms with E-state index in [0.29, 0.717) is 6.04 Å². The standard InChI is InChI=1S/C19H18N8.C2H3N/c1-12-6-22-27-11-17(14-7-21-25(2)9-14)24-18(19(12)27)15-8-23-26(10-15)16-3-13(4-16)5-20;1-2-3/h6-11,13,16H,3-4H2,1-2H3;1H3. The molecule has 1 saturated carbocycles. The van der Waals surface area contributed by atoms with Gasteiger partial charge in [-0.2, -0.15) is 25.8 Å². The molecular formula is C21H21N9. The number of fused-ring (bicyclic) bond motifs is 1. The van der Waals surface area contributed by atoms with Crippen LogP contribution in [0.25, 0.3) is 28.0 Å². The Morgan fingerprint density at radius 3 is 2.40 bits per heavy atom. The van der Waals surface area contributed by atoms with Crippen molar-refractivity contribution in [3.8, 4) is 34.7 Å². The highest BCUT2D eigenvalue weighted by Gasteiger charge is 2.31. The van der Waals surface area contributed by atoms with Gasteiger partial charge in [-0.1, -0.05) is 0 Å². The van der Waals surface area contributed by atoms with Crippen molar-refractivity contribution in [1.29, 1.82) is 10.5 Å². The quantitative estimate of drug-likeness (QED) is 0.522. The van der Waals surface area contributed by atoms with Crippen LogP contribution < -0.4 is 0 Å². The third-order valence-electron chi connectivity index (χ3n) is 5.23. The molecule has 150 valence electrons. The lowest BCUT2D eigenvalue weighted by Crippen LogP contribution is -2.25. The highest BCUT2D eigenvalue weighted by atomic mass is 15.3. The fourth-order valence-corrected chi connectivity index (χ4v) is 3.62. The summed E-state index contributed by atoms with van der Waals surface area (Å²) in [6, 6.07) is 4.37. The van der Waals surface area contributed by atoms with Gasteiger partial charge in [-0.25, -0.2) is 9.50 Å². The monoisotopic (exact) mass is 399 g/mol. The van der Waals surface area contributed by atoms with Crippen LogP contribution in [0.3, 0.4) is 0 Å². The fraction of sp³-hybridized carbons (Fsp3) is 0.333. The molecular weight excluding hydrogens is 378 g/mol. The van der Waals surface area contributed by atoms with E-state index in [1.165, 1.54) is 6.92 Å². The van der Waals surface area contributed by atoms with Gasteiger partial charge in [0.05, 0.1) is 60.1 Å². The lowest BCUT2D eigenvalue weighted by molar-refractivity contribution is 0.230. The normalized spacial score (nSPS) is 17.5. The second-order valence-electron chi connectivity index (χ2n) is 7.38. The van der Waals surface area contributed by atoms with Gasteiger partial charge >= 0.3 is 0 Å². The molecule has 0 N–H and O–H groups in total. The summed E-state index contributed by atoms with van der Waals surface area (Å²) in [7, 11) is 1.89. The minimum absolute atomic E-state index is 0.151. The summed E-state index contributed by atoms with van der Waals surface area (Å²) in [6.45, 7) is 3.46. The van der Waals surface area contributed by atoms with Crippen LogP contribution in [-0.4, -0.2) is 34.2 Å². The molecule has 0 amide bonds. The van der Waals surface area contributed by atoms with Crippen LogP contribution in [0.1, 0.15) is 31.4 Å². The molecule has 0 aliphatic heterocycles. The molecule has 1 aliphatic carbocycles. The third-order valence-corrected chi connectivity index (χ3v) is 5.23. The van der Waals surface area contributed by atoms with Crippen LogP contribution in [0.15, 0.2) is 37.2 Å². The minimum atomic E-state index is 0.151. The van der Waals surface area contributed by atoms with Crippen molar-refractivity contribution in [2.45, 2.75) is 32.7 Å². The Morgan fingerprint density at radius 2 is 1.73 bits per heavy atom. The van der Waals surface area contributed by atoms with Gasteiger partial charge in [-0.05, 0) is 25.3 Å². The van der Waals surface area contributed by atoms with Gasteiger partial charge in [-0.3, -0.25) is 9.36 Å². The Kier molecular flexibility index (Phi) is 5.03. The van der Waals surface area contributed by atoms with Crippen molar-refractivity contribution in [2.24, 2.45) is 13.0 Å². The summed E-state index contributed by atoms with van der Waals surface area (Å²) in [5.41, 5.74) is 5.61. The van der Waals surface area contributed by atoms with E-state index in [1.807, 2.05) is 54.2 Å². The van der Waals surface area contributed by atoms with Gasteiger partial charge in [0, 0.05) is 37.5 Å². The van der Waals surface area contributed by atoms with Crippen molar-refractivity contribution in [1.82, 2.24) is 34.2 Å². The maximum atomic E-state index is 8.99. The second-order valence-corrected chi connectivity index (χ2v) is 7.38. The van der Waals surface area contributed by atoms with E-state index in [1.54, 1.807) is 16.9 Å². The number of aromatic nitrogens is 7. The first-order chi connectivity index (χ1) is 14.5. The van der Waals surface area contributed by atoms with Gasteiger partial charge in [-0.15, -0.1) is 0 Å². The molecule has 0 spiro atoms. The van der Waals surface area contributed by atoms with Crippen molar-refractivity contribution < 1.29 is 0 Å². The highest BCUT2D eigenvalue weighted by molar-refractivity contribution is 5.80. The van der Waals surface area contributed by atoms with Crippen molar-refractivity contribution in [3.05, 3.63) is 42.7 Å². The summed E-state index contributed by atoms with van der Waals surface area (Å²) in [6.07, 6.45) is 13.1. The fourth-order valence-electron chi connectivity index (χ4n) is 3.62. The molecule has 1 fully saturated rings. The van der Waals surface area contributed by atoms with Gasteiger partial charge in [0.15, 0.2) is 0 Å². The molecule has 9 heteroatoms. The number of hydrogen-bond acceptors (Lipinski definition) is 6. The van der Waals surface area contributed by atoms with Crippen molar-refractivity contribution in [3.63, 3.8) is 0 Å². The van der Waals surface area contributed by atoms with E-state index < -0.39 is 0 Å². The average molecular weight is 399 g/mol. The molecule has 0 atom stereocenters. The molecule has 4 aromatic heterocycles. The molecule has 0 unspecified atom stereocenters. The van der Waals surface area contributed by atoms with Crippen LogP contribution in [0, 0.1) is 35.5 Å². The van der Waals surface area contributed by atoms with E-state index in [4.69, 9.17) is 15.5 Å². The van der Waals surface area contributed by atoms with Crippen LogP contribution in [-0.2, 0) is 7.05 Å². The van der Waals surface area contributed by atoms with Crippen molar-refractivity contribution >= 4 is 5.52 Å². The van der Waals surface area contributed by atoms with Gasteiger partial charge < -0.3 is 0 Å². The zero-order valence-electron chi connectivity index (χ0n) is 17.1. The minimum Gasteiger partial charge on any atom is -0.275 e. The van der Waals surface area contributed by atoms with Crippen LogP contribution in [0.2, 0.25) is 0 Å². The second kappa shape index (κ2) is 7.80. The number of aryl methyl sites for hydroxylation is 2.